The van der Waals surface area contributed by atoms with Gasteiger partial charge < -0.3 is 10.0 Å². The van der Waals surface area contributed by atoms with Gasteiger partial charge in [0.2, 0.25) is 0 Å². The van der Waals surface area contributed by atoms with Crippen molar-refractivity contribution in [3.05, 3.63) is 47.0 Å². The molecule has 0 atom stereocenters. The quantitative estimate of drug-likeness (QED) is 0.930. The standard InChI is InChI=1S/C17H18FN3O3/c1-20(10-15(22)23)17(24)16-13-7-2-3-8-14(13)21(19-16)12-6-4-5-11(18)9-12/h4-6,9H,2-3,7-8,10H2,1H3,(H,22,23). The van der Waals surface area contributed by atoms with E-state index < -0.39 is 11.9 Å². The Morgan fingerprint density at radius 2 is 2.08 bits per heavy atom. The van der Waals surface area contributed by atoms with E-state index in [1.807, 2.05) is 0 Å². The van der Waals surface area contributed by atoms with Gasteiger partial charge >= 0.3 is 5.97 Å². The first kappa shape index (κ1) is 16.2. The molecule has 126 valence electrons. The van der Waals surface area contributed by atoms with E-state index in [9.17, 15) is 14.0 Å². The van der Waals surface area contributed by atoms with E-state index in [1.165, 1.54) is 19.2 Å². The van der Waals surface area contributed by atoms with E-state index >= 15 is 0 Å². The average molecular weight is 331 g/mol. The van der Waals surface area contributed by atoms with Gasteiger partial charge in [0.1, 0.15) is 12.4 Å². The summed E-state index contributed by atoms with van der Waals surface area (Å²) in [6.45, 7) is -0.388. The molecule has 3 rings (SSSR count). The van der Waals surface area contributed by atoms with Gasteiger partial charge in [0.15, 0.2) is 5.69 Å². The van der Waals surface area contributed by atoms with E-state index in [-0.39, 0.29) is 18.1 Å². The Balaban J connectivity index is 2.05. The van der Waals surface area contributed by atoms with Crippen LogP contribution in [-0.4, -0.2) is 45.3 Å². The second-order valence-electron chi connectivity index (χ2n) is 5.93. The maximum Gasteiger partial charge on any atom is 0.323 e. The number of hydrogen-bond donors (Lipinski definition) is 1. The van der Waals surface area contributed by atoms with Crippen molar-refractivity contribution in [3.63, 3.8) is 0 Å². The number of rotatable bonds is 4. The highest BCUT2D eigenvalue weighted by Crippen LogP contribution is 2.27. The van der Waals surface area contributed by atoms with E-state index in [2.05, 4.69) is 5.10 Å². The average Bonchev–Trinajstić information content (AvgIpc) is 2.93. The van der Waals surface area contributed by atoms with Crippen LogP contribution >= 0.6 is 0 Å². The number of carbonyl (C=O) groups is 2. The zero-order chi connectivity index (χ0) is 17.3. The monoisotopic (exact) mass is 331 g/mol. The van der Waals surface area contributed by atoms with Crippen LogP contribution in [0.3, 0.4) is 0 Å². The van der Waals surface area contributed by atoms with Crippen LogP contribution in [0.2, 0.25) is 0 Å². The van der Waals surface area contributed by atoms with E-state index in [0.29, 0.717) is 12.1 Å². The van der Waals surface area contributed by atoms with Crippen LogP contribution in [0.15, 0.2) is 24.3 Å². The number of carboxylic acid groups (broad SMARTS) is 1. The number of hydrogen-bond acceptors (Lipinski definition) is 3. The van der Waals surface area contributed by atoms with Crippen molar-refractivity contribution in [2.75, 3.05) is 13.6 Å². The summed E-state index contributed by atoms with van der Waals surface area (Å²) in [6, 6.07) is 6.06. The smallest absolute Gasteiger partial charge is 0.323 e. The number of aromatic nitrogens is 2. The molecule has 0 radical (unpaired) electrons. The predicted molar refractivity (Wildman–Crippen MR) is 84.8 cm³/mol. The summed E-state index contributed by atoms with van der Waals surface area (Å²) in [5, 5.41) is 13.3. The highest BCUT2D eigenvalue weighted by molar-refractivity contribution is 5.95. The molecule has 1 aliphatic rings. The molecule has 0 unspecified atom stereocenters. The third-order valence-corrected chi connectivity index (χ3v) is 4.15. The lowest BCUT2D eigenvalue weighted by Crippen LogP contribution is -2.33. The molecule has 2 aromatic rings. The van der Waals surface area contributed by atoms with Gasteiger partial charge in [-0.2, -0.15) is 5.10 Å². The summed E-state index contributed by atoms with van der Waals surface area (Å²) in [6.07, 6.45) is 3.40. The van der Waals surface area contributed by atoms with Crippen LogP contribution < -0.4 is 0 Å². The van der Waals surface area contributed by atoms with Crippen molar-refractivity contribution in [1.82, 2.24) is 14.7 Å². The maximum absolute atomic E-state index is 13.5. The first-order valence-corrected chi connectivity index (χ1v) is 7.81. The van der Waals surface area contributed by atoms with Gasteiger partial charge in [-0.25, -0.2) is 9.07 Å². The van der Waals surface area contributed by atoms with Gasteiger partial charge in [-0.3, -0.25) is 9.59 Å². The first-order valence-electron chi connectivity index (χ1n) is 7.81. The fourth-order valence-corrected chi connectivity index (χ4v) is 3.05. The van der Waals surface area contributed by atoms with Gasteiger partial charge in [0.25, 0.3) is 5.91 Å². The molecule has 24 heavy (non-hydrogen) atoms. The van der Waals surface area contributed by atoms with Crippen molar-refractivity contribution in [1.29, 1.82) is 0 Å². The largest absolute Gasteiger partial charge is 0.480 e. The van der Waals surface area contributed by atoms with Gasteiger partial charge in [0, 0.05) is 18.3 Å². The number of nitrogens with zero attached hydrogens (tertiary/aromatic N) is 3. The molecular formula is C17H18FN3O3. The second kappa shape index (κ2) is 6.43. The Kier molecular flexibility index (Phi) is 4.33. The number of halogens is 1. The highest BCUT2D eigenvalue weighted by Gasteiger charge is 2.27. The van der Waals surface area contributed by atoms with Crippen LogP contribution in [-0.2, 0) is 17.6 Å². The number of aliphatic carboxylic acids is 1. The number of fused-ring (bicyclic) bond motifs is 1. The van der Waals surface area contributed by atoms with Crippen LogP contribution in [0.1, 0.15) is 34.6 Å². The molecule has 1 heterocycles. The minimum Gasteiger partial charge on any atom is -0.480 e. The second-order valence-corrected chi connectivity index (χ2v) is 5.93. The molecule has 0 fully saturated rings. The Bertz CT molecular complexity index is 800. The summed E-state index contributed by atoms with van der Waals surface area (Å²) in [4.78, 5) is 24.5. The van der Waals surface area contributed by atoms with Crippen molar-refractivity contribution < 1.29 is 19.1 Å². The molecule has 7 heteroatoms. The predicted octanol–water partition coefficient (Wildman–Crippen LogP) is 2.05. The number of likely N-dealkylation sites (N-methyl/N-ethyl adjacent to an activating group) is 1. The summed E-state index contributed by atoms with van der Waals surface area (Å²) in [5.41, 5.74) is 2.57. The summed E-state index contributed by atoms with van der Waals surface area (Å²) < 4.78 is 15.2. The Morgan fingerprint density at radius 1 is 1.33 bits per heavy atom. The normalized spacial score (nSPS) is 13.4. The fourth-order valence-electron chi connectivity index (χ4n) is 3.05. The molecule has 6 nitrogen and oxygen atoms in total. The lowest BCUT2D eigenvalue weighted by Gasteiger charge is -2.16. The summed E-state index contributed by atoms with van der Waals surface area (Å²) >= 11 is 0. The van der Waals surface area contributed by atoms with E-state index in [0.717, 1.165) is 35.4 Å². The molecule has 0 saturated carbocycles. The summed E-state index contributed by atoms with van der Waals surface area (Å²) in [7, 11) is 1.44. The number of carbonyl (C=O) groups excluding carboxylic acids is 1. The van der Waals surface area contributed by atoms with Gasteiger partial charge in [-0.1, -0.05) is 6.07 Å². The van der Waals surface area contributed by atoms with Crippen LogP contribution in [0.4, 0.5) is 4.39 Å². The van der Waals surface area contributed by atoms with Gasteiger partial charge in [-0.15, -0.1) is 0 Å². The number of amides is 1. The fraction of sp³-hybridized carbons (Fsp3) is 0.353. The molecule has 1 amide bonds. The molecule has 1 aromatic carbocycles. The van der Waals surface area contributed by atoms with Crippen molar-refractivity contribution in [3.8, 4) is 5.69 Å². The Morgan fingerprint density at radius 3 is 2.79 bits per heavy atom. The molecule has 0 saturated heterocycles. The maximum atomic E-state index is 13.5. The van der Waals surface area contributed by atoms with Crippen LogP contribution in [0.5, 0.6) is 0 Å². The Labute approximate surface area is 138 Å². The number of carboxylic acids is 1. The number of benzene rings is 1. The van der Waals surface area contributed by atoms with Crippen LogP contribution in [0, 0.1) is 5.82 Å². The third kappa shape index (κ3) is 3.02. The zero-order valence-electron chi connectivity index (χ0n) is 13.3. The molecular weight excluding hydrogens is 313 g/mol. The molecule has 1 aromatic heterocycles. The highest BCUT2D eigenvalue weighted by atomic mass is 19.1. The molecule has 1 N–H and O–H groups in total. The Hall–Kier alpha value is -2.70. The van der Waals surface area contributed by atoms with Gasteiger partial charge in [0.05, 0.1) is 5.69 Å². The van der Waals surface area contributed by atoms with Crippen molar-refractivity contribution in [2.24, 2.45) is 0 Å². The molecule has 0 bridgehead atoms. The first-order chi connectivity index (χ1) is 11.5. The minimum atomic E-state index is -1.08. The SMILES string of the molecule is CN(CC(=O)O)C(=O)c1nn(-c2cccc(F)c2)c2c1CCCC2. The minimum absolute atomic E-state index is 0.262. The molecule has 0 aliphatic heterocycles. The third-order valence-electron chi connectivity index (χ3n) is 4.15. The van der Waals surface area contributed by atoms with Gasteiger partial charge in [-0.05, 0) is 43.9 Å². The zero-order valence-corrected chi connectivity index (χ0v) is 13.3. The van der Waals surface area contributed by atoms with Crippen LogP contribution in [0.25, 0.3) is 5.69 Å². The topological polar surface area (TPSA) is 75.4 Å². The van der Waals surface area contributed by atoms with E-state index in [4.69, 9.17) is 5.11 Å². The van der Waals surface area contributed by atoms with Crippen molar-refractivity contribution >= 4 is 11.9 Å². The molecule has 1 aliphatic carbocycles. The molecule has 0 spiro atoms. The van der Waals surface area contributed by atoms with Crippen molar-refractivity contribution in [2.45, 2.75) is 25.7 Å². The lowest BCUT2D eigenvalue weighted by molar-refractivity contribution is -0.137. The lowest BCUT2D eigenvalue weighted by atomic mass is 9.95. The van der Waals surface area contributed by atoms with E-state index in [1.54, 1.807) is 16.8 Å². The summed E-state index contributed by atoms with van der Waals surface area (Å²) in [5.74, 6) is -1.88.